The highest BCUT2D eigenvalue weighted by Gasteiger charge is 2.09. The molecule has 0 saturated carbocycles. The van der Waals surface area contributed by atoms with Crippen LogP contribution in [0.5, 0.6) is 0 Å². The van der Waals surface area contributed by atoms with Gasteiger partial charge in [0.05, 0.1) is 10.4 Å². The summed E-state index contributed by atoms with van der Waals surface area (Å²) in [4.78, 5) is 1.14. The van der Waals surface area contributed by atoms with Crippen LogP contribution in [0.4, 0.5) is 0 Å². The maximum Gasteiger partial charge on any atom is 0.0931 e. The third-order valence-corrected chi connectivity index (χ3v) is 4.07. The van der Waals surface area contributed by atoms with E-state index in [9.17, 15) is 5.11 Å². The summed E-state index contributed by atoms with van der Waals surface area (Å²) in [6, 6.07) is 10.3. The molecule has 2 rings (SSSR count). The maximum atomic E-state index is 10.1. The lowest BCUT2D eigenvalue weighted by Crippen LogP contribution is -2.13. The van der Waals surface area contributed by atoms with Gasteiger partial charge in [-0.2, -0.15) is 0 Å². The predicted molar refractivity (Wildman–Crippen MR) is 78.7 cm³/mol. The Labute approximate surface area is 117 Å². The van der Waals surface area contributed by atoms with E-state index in [1.165, 1.54) is 28.0 Å². The molecule has 0 fully saturated rings. The van der Waals surface area contributed by atoms with Crippen molar-refractivity contribution in [1.82, 2.24) is 0 Å². The molecule has 2 aromatic rings. The minimum atomic E-state index is -0.346. The molecule has 18 heavy (non-hydrogen) atoms. The summed E-state index contributed by atoms with van der Waals surface area (Å²) in [6.07, 6.45) is 1.02. The van der Waals surface area contributed by atoms with Gasteiger partial charge in [0.25, 0.3) is 0 Å². The van der Waals surface area contributed by atoms with E-state index in [2.05, 4.69) is 32.0 Å². The summed E-state index contributed by atoms with van der Waals surface area (Å²) in [5, 5.41) is 10.1. The molecule has 0 bridgehead atoms. The average molecular weight is 281 g/mol. The maximum absolute atomic E-state index is 10.1. The third-order valence-electron chi connectivity index (χ3n) is 2.82. The van der Waals surface area contributed by atoms with Crippen LogP contribution in [0.25, 0.3) is 0 Å². The topological polar surface area (TPSA) is 20.2 Å². The van der Waals surface area contributed by atoms with E-state index in [-0.39, 0.29) is 6.10 Å². The summed E-state index contributed by atoms with van der Waals surface area (Å²) < 4.78 is 0.781. The average Bonchev–Trinajstić information content (AvgIpc) is 2.61. The van der Waals surface area contributed by atoms with Crippen LogP contribution in [0.1, 0.15) is 21.6 Å². The molecule has 0 radical (unpaired) electrons. The Hall–Kier alpha value is -0.830. The van der Waals surface area contributed by atoms with Crippen molar-refractivity contribution in [3.05, 3.63) is 56.2 Å². The van der Waals surface area contributed by atoms with E-state index in [1.807, 2.05) is 12.1 Å². The van der Waals surface area contributed by atoms with Crippen LogP contribution < -0.4 is 0 Å². The predicted octanol–water partition coefficient (Wildman–Crippen LogP) is 4.16. The number of hydrogen-bond acceptors (Lipinski definition) is 2. The fourth-order valence-corrected chi connectivity index (χ4v) is 3.38. The van der Waals surface area contributed by atoms with Gasteiger partial charge >= 0.3 is 0 Å². The van der Waals surface area contributed by atoms with Gasteiger partial charge in [-0.1, -0.05) is 40.9 Å². The molecule has 0 spiro atoms. The van der Waals surface area contributed by atoms with E-state index in [0.29, 0.717) is 12.8 Å². The molecule has 1 heterocycles. The Morgan fingerprint density at radius 2 is 1.78 bits per heavy atom. The first-order valence-corrected chi connectivity index (χ1v) is 7.22. The zero-order valence-electron chi connectivity index (χ0n) is 10.6. The number of halogens is 1. The van der Waals surface area contributed by atoms with Gasteiger partial charge in [0.15, 0.2) is 0 Å². The van der Waals surface area contributed by atoms with Crippen molar-refractivity contribution in [3.8, 4) is 0 Å². The lowest BCUT2D eigenvalue weighted by Gasteiger charge is -2.11. The zero-order valence-corrected chi connectivity index (χ0v) is 12.2. The fourth-order valence-electron chi connectivity index (χ4n) is 2.22. The minimum absolute atomic E-state index is 0.346. The zero-order chi connectivity index (χ0) is 13.1. The highest BCUT2D eigenvalue weighted by Crippen LogP contribution is 2.23. The molecule has 0 aliphatic carbocycles. The molecule has 1 N–H and O–H groups in total. The second-order valence-electron chi connectivity index (χ2n) is 4.76. The van der Waals surface area contributed by atoms with E-state index in [0.717, 1.165) is 9.21 Å². The number of hydrogen-bond donors (Lipinski definition) is 1. The van der Waals surface area contributed by atoms with Crippen LogP contribution in [0, 0.1) is 13.8 Å². The Bertz CT molecular complexity index is 513. The van der Waals surface area contributed by atoms with Crippen LogP contribution in [-0.4, -0.2) is 11.2 Å². The van der Waals surface area contributed by atoms with Gasteiger partial charge in [0.1, 0.15) is 0 Å². The van der Waals surface area contributed by atoms with Gasteiger partial charge in [0.2, 0.25) is 0 Å². The molecule has 0 amide bonds. The van der Waals surface area contributed by atoms with Crippen molar-refractivity contribution in [2.45, 2.75) is 32.8 Å². The molecular weight excluding hydrogens is 264 g/mol. The Balaban J connectivity index is 2.00. The summed E-state index contributed by atoms with van der Waals surface area (Å²) in [6.45, 7) is 4.17. The first-order chi connectivity index (χ1) is 8.52. The van der Waals surface area contributed by atoms with Crippen molar-refractivity contribution in [3.63, 3.8) is 0 Å². The van der Waals surface area contributed by atoms with E-state index in [4.69, 9.17) is 11.6 Å². The van der Waals surface area contributed by atoms with Gasteiger partial charge in [-0.15, -0.1) is 11.3 Å². The van der Waals surface area contributed by atoms with E-state index in [1.54, 1.807) is 0 Å². The highest BCUT2D eigenvalue weighted by atomic mass is 35.5. The highest BCUT2D eigenvalue weighted by molar-refractivity contribution is 7.16. The first kappa shape index (κ1) is 13.6. The summed E-state index contributed by atoms with van der Waals surface area (Å²) >= 11 is 7.42. The number of benzene rings is 1. The van der Waals surface area contributed by atoms with Crippen LogP contribution >= 0.6 is 22.9 Å². The quantitative estimate of drug-likeness (QED) is 0.891. The van der Waals surface area contributed by atoms with Crippen molar-refractivity contribution in [2.24, 2.45) is 0 Å². The Morgan fingerprint density at radius 1 is 1.11 bits per heavy atom. The van der Waals surface area contributed by atoms with Gasteiger partial charge in [-0.25, -0.2) is 0 Å². The first-order valence-electron chi connectivity index (χ1n) is 6.02. The van der Waals surface area contributed by atoms with Crippen molar-refractivity contribution in [1.29, 1.82) is 0 Å². The second-order valence-corrected chi connectivity index (χ2v) is 6.56. The normalized spacial score (nSPS) is 12.7. The smallest absolute Gasteiger partial charge is 0.0931 e. The fraction of sp³-hybridized carbons (Fsp3) is 0.333. The number of aryl methyl sites for hydroxylation is 2. The van der Waals surface area contributed by atoms with Crippen molar-refractivity contribution >= 4 is 22.9 Å². The van der Waals surface area contributed by atoms with Crippen LogP contribution in [-0.2, 0) is 12.8 Å². The van der Waals surface area contributed by atoms with Crippen LogP contribution in [0.3, 0.4) is 0 Å². The minimum Gasteiger partial charge on any atom is -0.392 e. The molecular formula is C15H17ClOS. The molecule has 1 unspecified atom stereocenters. The lowest BCUT2D eigenvalue weighted by molar-refractivity contribution is 0.176. The molecule has 0 aliphatic heterocycles. The number of aliphatic hydroxyl groups is 1. The van der Waals surface area contributed by atoms with E-state index >= 15 is 0 Å². The third kappa shape index (κ3) is 3.84. The van der Waals surface area contributed by atoms with Crippen molar-refractivity contribution < 1.29 is 5.11 Å². The Morgan fingerprint density at radius 3 is 2.33 bits per heavy atom. The van der Waals surface area contributed by atoms with Crippen molar-refractivity contribution in [2.75, 3.05) is 0 Å². The van der Waals surface area contributed by atoms with E-state index < -0.39 is 0 Å². The van der Waals surface area contributed by atoms with Crippen LogP contribution in [0.15, 0.2) is 30.3 Å². The van der Waals surface area contributed by atoms with Gasteiger partial charge in [-0.3, -0.25) is 0 Å². The molecule has 96 valence electrons. The second kappa shape index (κ2) is 5.87. The number of aliphatic hydroxyl groups excluding tert-OH is 1. The monoisotopic (exact) mass is 280 g/mol. The number of rotatable bonds is 4. The van der Waals surface area contributed by atoms with Crippen LogP contribution in [0.2, 0.25) is 4.34 Å². The molecule has 0 aliphatic rings. The van der Waals surface area contributed by atoms with Gasteiger partial charge in [-0.05, 0) is 38.0 Å². The Kier molecular flexibility index (Phi) is 4.44. The SMILES string of the molecule is Cc1cc(C)cc(CC(O)Cc2ccc(Cl)s2)c1. The molecule has 1 atom stereocenters. The molecule has 0 saturated heterocycles. The molecule has 1 nitrogen and oxygen atoms in total. The summed E-state index contributed by atoms with van der Waals surface area (Å²) in [7, 11) is 0. The summed E-state index contributed by atoms with van der Waals surface area (Å²) in [5.41, 5.74) is 3.69. The standard InChI is InChI=1S/C15H17ClOS/c1-10-5-11(2)7-12(6-10)8-13(17)9-14-3-4-15(16)18-14/h3-7,13,17H,8-9H2,1-2H3. The molecule has 1 aromatic heterocycles. The number of thiophene rings is 1. The lowest BCUT2D eigenvalue weighted by atomic mass is 10.0. The van der Waals surface area contributed by atoms with Gasteiger partial charge < -0.3 is 5.11 Å². The molecule has 3 heteroatoms. The largest absolute Gasteiger partial charge is 0.392 e. The molecule has 1 aromatic carbocycles. The summed E-state index contributed by atoms with van der Waals surface area (Å²) in [5.74, 6) is 0. The van der Waals surface area contributed by atoms with Gasteiger partial charge in [0, 0.05) is 11.3 Å².